The molecule has 4 heteroatoms. The molecule has 0 heterocycles. The van der Waals surface area contributed by atoms with Crippen molar-refractivity contribution in [1.29, 1.82) is 0 Å². The first-order valence-electron chi connectivity index (χ1n) is 3.83. The molecule has 0 fully saturated rings. The quantitative estimate of drug-likeness (QED) is 0.420. The van der Waals surface area contributed by atoms with Gasteiger partial charge in [0.1, 0.15) is 0 Å². The summed E-state index contributed by atoms with van der Waals surface area (Å²) in [5.41, 5.74) is 10.9. The van der Waals surface area contributed by atoms with E-state index in [1.54, 1.807) is 12.2 Å². The van der Waals surface area contributed by atoms with Crippen molar-refractivity contribution in [2.75, 3.05) is 6.61 Å². The summed E-state index contributed by atoms with van der Waals surface area (Å²) in [6.45, 7) is -0.0643. The van der Waals surface area contributed by atoms with Gasteiger partial charge < -0.3 is 21.7 Å². The Hall–Kier alpha value is -0.840. The summed E-state index contributed by atoms with van der Waals surface area (Å²) in [7, 11) is 0. The number of nitrogens with two attached hydrogens (primary N) is 2. The van der Waals surface area contributed by atoms with Crippen molar-refractivity contribution in [3.8, 4) is 0 Å². The highest BCUT2D eigenvalue weighted by Gasteiger charge is 2.31. The molecule has 0 aromatic rings. The van der Waals surface area contributed by atoms with Crippen molar-refractivity contribution >= 4 is 0 Å². The normalized spacial score (nSPS) is 34.9. The standard InChI is InChI=1S/C8H14N2O2/c9-6-1-2-7(12)8(10,5-6)3-4-11/h1-2,5,7,11-12H,3-4,9-10H2. The van der Waals surface area contributed by atoms with Crippen LogP contribution < -0.4 is 11.5 Å². The number of allylic oxidation sites excluding steroid dienone is 1. The van der Waals surface area contributed by atoms with Gasteiger partial charge in [-0.05, 0) is 18.6 Å². The monoisotopic (exact) mass is 170 g/mol. The van der Waals surface area contributed by atoms with E-state index in [0.717, 1.165) is 0 Å². The molecule has 0 saturated carbocycles. The van der Waals surface area contributed by atoms with E-state index in [-0.39, 0.29) is 6.61 Å². The van der Waals surface area contributed by atoms with E-state index in [1.807, 2.05) is 0 Å². The first-order valence-corrected chi connectivity index (χ1v) is 3.83. The summed E-state index contributed by atoms with van der Waals surface area (Å²) in [6, 6.07) is 0. The van der Waals surface area contributed by atoms with E-state index < -0.39 is 11.6 Å². The van der Waals surface area contributed by atoms with Crippen LogP contribution in [0.3, 0.4) is 0 Å². The van der Waals surface area contributed by atoms with Crippen molar-refractivity contribution in [3.05, 3.63) is 23.9 Å². The molecule has 1 aliphatic rings. The minimum absolute atomic E-state index is 0.0643. The van der Waals surface area contributed by atoms with Gasteiger partial charge in [-0.25, -0.2) is 0 Å². The first-order chi connectivity index (χ1) is 5.58. The summed E-state index contributed by atoms with van der Waals surface area (Å²) in [6.07, 6.45) is 4.25. The average molecular weight is 170 g/mol. The van der Waals surface area contributed by atoms with Gasteiger partial charge in [0.05, 0.1) is 11.6 Å². The topological polar surface area (TPSA) is 92.5 Å². The fraction of sp³-hybridized carbons (Fsp3) is 0.500. The fourth-order valence-corrected chi connectivity index (χ4v) is 1.24. The van der Waals surface area contributed by atoms with Gasteiger partial charge in [0.15, 0.2) is 0 Å². The van der Waals surface area contributed by atoms with Gasteiger partial charge in [-0.2, -0.15) is 0 Å². The minimum Gasteiger partial charge on any atom is -0.399 e. The lowest BCUT2D eigenvalue weighted by molar-refractivity contribution is 0.127. The van der Waals surface area contributed by atoms with Crippen LogP contribution in [0.1, 0.15) is 6.42 Å². The maximum Gasteiger partial charge on any atom is 0.0941 e. The summed E-state index contributed by atoms with van der Waals surface area (Å²) in [5, 5.41) is 18.2. The smallest absolute Gasteiger partial charge is 0.0941 e. The molecule has 0 spiro atoms. The number of hydrogen-bond donors (Lipinski definition) is 4. The van der Waals surface area contributed by atoms with E-state index in [1.165, 1.54) is 6.08 Å². The molecule has 0 aromatic carbocycles. The maximum absolute atomic E-state index is 9.45. The van der Waals surface area contributed by atoms with Crippen molar-refractivity contribution in [2.24, 2.45) is 11.5 Å². The van der Waals surface area contributed by atoms with E-state index in [0.29, 0.717) is 12.1 Å². The van der Waals surface area contributed by atoms with Crippen LogP contribution in [-0.2, 0) is 0 Å². The summed E-state index contributed by atoms with van der Waals surface area (Å²) >= 11 is 0. The first kappa shape index (κ1) is 9.25. The zero-order chi connectivity index (χ0) is 9.19. The Morgan fingerprint density at radius 3 is 2.83 bits per heavy atom. The molecule has 0 bridgehead atoms. The van der Waals surface area contributed by atoms with Crippen LogP contribution in [0.2, 0.25) is 0 Å². The summed E-state index contributed by atoms with van der Waals surface area (Å²) < 4.78 is 0. The molecule has 0 saturated heterocycles. The second-order valence-electron chi connectivity index (χ2n) is 3.03. The lowest BCUT2D eigenvalue weighted by Crippen LogP contribution is -2.50. The van der Waals surface area contributed by atoms with Crippen LogP contribution in [0.25, 0.3) is 0 Å². The highest BCUT2D eigenvalue weighted by atomic mass is 16.3. The Bertz CT molecular complexity index is 225. The van der Waals surface area contributed by atoms with Crippen molar-refractivity contribution in [3.63, 3.8) is 0 Å². The third-order valence-corrected chi connectivity index (χ3v) is 2.00. The SMILES string of the molecule is NC1=CC(N)(CCO)C(O)C=C1. The van der Waals surface area contributed by atoms with Gasteiger partial charge in [-0.3, -0.25) is 0 Å². The van der Waals surface area contributed by atoms with Crippen LogP contribution >= 0.6 is 0 Å². The molecule has 2 atom stereocenters. The molecular formula is C8H14N2O2. The number of rotatable bonds is 2. The van der Waals surface area contributed by atoms with Crippen molar-refractivity contribution in [2.45, 2.75) is 18.1 Å². The van der Waals surface area contributed by atoms with Gasteiger partial charge in [-0.1, -0.05) is 6.08 Å². The second-order valence-corrected chi connectivity index (χ2v) is 3.03. The Labute approximate surface area is 71.2 Å². The lowest BCUT2D eigenvalue weighted by atomic mass is 9.85. The summed E-state index contributed by atoms with van der Waals surface area (Å²) in [4.78, 5) is 0. The number of aliphatic hydroxyl groups excluding tert-OH is 2. The largest absolute Gasteiger partial charge is 0.399 e. The van der Waals surface area contributed by atoms with Gasteiger partial charge in [0.2, 0.25) is 0 Å². The zero-order valence-electron chi connectivity index (χ0n) is 6.77. The van der Waals surface area contributed by atoms with Crippen LogP contribution in [-0.4, -0.2) is 28.5 Å². The molecule has 2 unspecified atom stereocenters. The molecule has 0 radical (unpaired) electrons. The lowest BCUT2D eigenvalue weighted by Gasteiger charge is -2.31. The molecule has 4 nitrogen and oxygen atoms in total. The average Bonchev–Trinajstić information content (AvgIpc) is 1.98. The van der Waals surface area contributed by atoms with Gasteiger partial charge >= 0.3 is 0 Å². The number of hydrogen-bond acceptors (Lipinski definition) is 4. The highest BCUT2D eigenvalue weighted by Crippen LogP contribution is 2.20. The van der Waals surface area contributed by atoms with Crippen LogP contribution in [0, 0.1) is 0 Å². The Morgan fingerprint density at radius 1 is 1.58 bits per heavy atom. The molecule has 1 rings (SSSR count). The van der Waals surface area contributed by atoms with Gasteiger partial charge in [0.25, 0.3) is 0 Å². The van der Waals surface area contributed by atoms with E-state index >= 15 is 0 Å². The molecular weight excluding hydrogens is 156 g/mol. The van der Waals surface area contributed by atoms with E-state index in [2.05, 4.69) is 0 Å². The van der Waals surface area contributed by atoms with Gasteiger partial charge in [-0.15, -0.1) is 0 Å². The van der Waals surface area contributed by atoms with E-state index in [9.17, 15) is 5.11 Å². The molecule has 6 N–H and O–H groups in total. The molecule has 12 heavy (non-hydrogen) atoms. The van der Waals surface area contributed by atoms with Crippen molar-refractivity contribution in [1.82, 2.24) is 0 Å². The molecule has 1 aliphatic carbocycles. The van der Waals surface area contributed by atoms with Crippen molar-refractivity contribution < 1.29 is 10.2 Å². The zero-order valence-corrected chi connectivity index (χ0v) is 6.77. The molecule has 0 aromatic heterocycles. The Morgan fingerprint density at radius 2 is 2.25 bits per heavy atom. The predicted octanol–water partition coefficient (Wildman–Crippen LogP) is -1.16. The van der Waals surface area contributed by atoms with E-state index in [4.69, 9.17) is 16.6 Å². The summed E-state index contributed by atoms with van der Waals surface area (Å²) in [5.74, 6) is 0. The Balaban J connectivity index is 2.81. The fourth-order valence-electron chi connectivity index (χ4n) is 1.24. The molecule has 68 valence electrons. The Kier molecular flexibility index (Phi) is 2.52. The third kappa shape index (κ3) is 1.66. The molecule has 0 aliphatic heterocycles. The molecule has 0 amide bonds. The highest BCUT2D eigenvalue weighted by molar-refractivity contribution is 5.30. The van der Waals surface area contributed by atoms with Crippen LogP contribution in [0.4, 0.5) is 0 Å². The van der Waals surface area contributed by atoms with Crippen LogP contribution in [0.15, 0.2) is 23.9 Å². The van der Waals surface area contributed by atoms with Gasteiger partial charge in [0, 0.05) is 12.3 Å². The number of aliphatic hydroxyl groups is 2. The second kappa shape index (κ2) is 3.26. The maximum atomic E-state index is 9.45. The minimum atomic E-state index is -0.909. The van der Waals surface area contributed by atoms with Crippen LogP contribution in [0.5, 0.6) is 0 Å². The third-order valence-electron chi connectivity index (χ3n) is 2.00. The predicted molar refractivity (Wildman–Crippen MR) is 46.0 cm³/mol.